The predicted octanol–water partition coefficient (Wildman–Crippen LogP) is 2.65. The van der Waals surface area contributed by atoms with Crippen molar-refractivity contribution in [1.29, 1.82) is 0 Å². The van der Waals surface area contributed by atoms with Gasteiger partial charge >= 0.3 is 0 Å². The van der Waals surface area contributed by atoms with E-state index in [4.69, 9.17) is 4.74 Å². The summed E-state index contributed by atoms with van der Waals surface area (Å²) in [6.45, 7) is 1.21. The number of benzene rings is 1. The van der Waals surface area contributed by atoms with Gasteiger partial charge in [0.05, 0.1) is 13.8 Å². The molecule has 0 N–H and O–H groups in total. The lowest BCUT2D eigenvalue weighted by Crippen LogP contribution is -1.75. The van der Waals surface area contributed by atoms with Gasteiger partial charge in [0, 0.05) is 0 Å². The van der Waals surface area contributed by atoms with E-state index < -0.39 is 0 Å². The maximum atomic E-state index is 10.3. The molecule has 11 heavy (non-hydrogen) atoms. The highest BCUT2D eigenvalue weighted by Crippen LogP contribution is 2.39. The molecule has 0 spiro atoms. The maximum Gasteiger partial charge on any atom is 0.120 e. The Balaban J connectivity index is 0.000000179. The minimum Gasteiger partial charge on any atom is -0.497 e. The molecule has 0 aromatic heterocycles. The van der Waals surface area contributed by atoms with E-state index in [0.717, 1.165) is 5.75 Å². The van der Waals surface area contributed by atoms with Crippen LogP contribution in [-0.4, -0.2) is 13.8 Å². The van der Waals surface area contributed by atoms with Crippen molar-refractivity contribution >= 4 is 0 Å². The van der Waals surface area contributed by atoms with Crippen LogP contribution >= 0.6 is 0 Å². The highest BCUT2D eigenvalue weighted by atomic mass is 19.1. The van der Waals surface area contributed by atoms with E-state index >= 15 is 0 Å². The second kappa shape index (κ2) is 3.37. The van der Waals surface area contributed by atoms with Crippen molar-refractivity contribution in [2.75, 3.05) is 13.8 Å². The average Bonchev–Trinajstić information content (AvgIpc) is 2.61. The summed E-state index contributed by atoms with van der Waals surface area (Å²) in [4.78, 5) is 0. The number of halogens is 1. The van der Waals surface area contributed by atoms with E-state index in [0.29, 0.717) is 0 Å². The van der Waals surface area contributed by atoms with Gasteiger partial charge in [-0.15, -0.1) is 0 Å². The molecule has 0 saturated carbocycles. The Morgan fingerprint density at radius 1 is 1.27 bits per heavy atom. The van der Waals surface area contributed by atoms with Crippen LogP contribution in [0.25, 0.3) is 11.1 Å². The Kier molecular flexibility index (Phi) is 2.47. The van der Waals surface area contributed by atoms with Crippen LogP contribution in [0.5, 0.6) is 5.75 Å². The summed E-state index contributed by atoms with van der Waals surface area (Å²) in [5, 5.41) is 0. The second-order valence-electron chi connectivity index (χ2n) is 2.22. The van der Waals surface area contributed by atoms with Crippen LogP contribution < -0.4 is 4.74 Å². The number of methoxy groups -OCH3 is 1. The molecule has 0 unspecified atom stereocenters. The van der Waals surface area contributed by atoms with E-state index in [2.05, 4.69) is 6.07 Å². The van der Waals surface area contributed by atoms with Gasteiger partial charge < -0.3 is 4.74 Å². The first-order valence-corrected chi connectivity index (χ1v) is 3.57. The Bertz CT molecular complexity index is 225. The molecule has 2 aliphatic carbocycles. The molecule has 2 heteroatoms. The molecule has 1 nitrogen and oxygen atoms in total. The van der Waals surface area contributed by atoms with Crippen molar-refractivity contribution < 1.29 is 9.13 Å². The third-order valence-electron chi connectivity index (χ3n) is 1.39. The Labute approximate surface area is 65.8 Å². The zero-order chi connectivity index (χ0) is 8.27. The molecule has 60 valence electrons. The van der Waals surface area contributed by atoms with Gasteiger partial charge in [0.1, 0.15) is 5.75 Å². The lowest BCUT2D eigenvalue weighted by atomic mass is 10.5. The van der Waals surface area contributed by atoms with Crippen molar-refractivity contribution in [1.82, 2.24) is 0 Å². The Morgan fingerprint density at radius 2 is 1.73 bits per heavy atom. The third-order valence-corrected chi connectivity index (χ3v) is 1.39. The maximum absolute atomic E-state index is 10.3. The standard InChI is InChI=1S/C7H6O.C2H5F/c1-8-7-3-5-2-6(5)4-7;1-2-3/h2-4H,1H3;2H2,1H3. The number of ether oxygens (including phenoxy) is 1. The fourth-order valence-corrected chi connectivity index (χ4v) is 0.847. The van der Waals surface area contributed by atoms with Gasteiger partial charge in [0.25, 0.3) is 0 Å². The van der Waals surface area contributed by atoms with E-state index in [-0.39, 0.29) is 6.67 Å². The molecule has 0 amide bonds. The van der Waals surface area contributed by atoms with E-state index in [1.165, 1.54) is 18.1 Å². The number of rotatable bonds is 1. The minimum atomic E-state index is -0.250. The Morgan fingerprint density at radius 3 is 2.00 bits per heavy atom. The molecule has 0 bridgehead atoms. The Hall–Kier alpha value is -1.05. The van der Waals surface area contributed by atoms with Crippen molar-refractivity contribution in [3.63, 3.8) is 0 Å². The van der Waals surface area contributed by atoms with E-state index in [1.54, 1.807) is 7.11 Å². The first-order valence-electron chi connectivity index (χ1n) is 3.57. The largest absolute Gasteiger partial charge is 0.497 e. The highest BCUT2D eigenvalue weighted by molar-refractivity contribution is 5.83. The summed E-state index contributed by atoms with van der Waals surface area (Å²) in [5.74, 6) is 0.984. The van der Waals surface area contributed by atoms with Crippen LogP contribution in [0.2, 0.25) is 0 Å². The summed E-state index contributed by atoms with van der Waals surface area (Å²) < 4.78 is 15.2. The summed E-state index contributed by atoms with van der Waals surface area (Å²) in [6.07, 6.45) is 0. The molecule has 0 atom stereocenters. The van der Waals surface area contributed by atoms with Crippen LogP contribution in [-0.2, 0) is 0 Å². The summed E-state index contributed by atoms with van der Waals surface area (Å²) in [7, 11) is 1.69. The molecular weight excluding hydrogens is 143 g/mol. The van der Waals surface area contributed by atoms with Gasteiger partial charge in [-0.25, -0.2) is 0 Å². The van der Waals surface area contributed by atoms with Crippen molar-refractivity contribution in [3.05, 3.63) is 18.2 Å². The molecule has 0 aromatic rings. The molecule has 0 radical (unpaired) electrons. The van der Waals surface area contributed by atoms with Crippen LogP contribution in [0, 0.1) is 0 Å². The van der Waals surface area contributed by atoms with Crippen molar-refractivity contribution in [2.45, 2.75) is 6.92 Å². The molecule has 0 aliphatic heterocycles. The van der Waals surface area contributed by atoms with Gasteiger partial charge in [-0.1, -0.05) is 0 Å². The van der Waals surface area contributed by atoms with Crippen LogP contribution in [0.15, 0.2) is 18.2 Å². The number of hydrogen-bond donors (Lipinski definition) is 0. The third kappa shape index (κ3) is 1.93. The average molecular weight is 154 g/mol. The minimum absolute atomic E-state index is 0.250. The SMILES string of the molecule is CCF.COc1cc2cc-2c1. The fraction of sp³-hybridized carbons (Fsp3) is 0.333. The monoisotopic (exact) mass is 154 g/mol. The predicted molar refractivity (Wildman–Crippen MR) is 43.6 cm³/mol. The molecule has 0 aromatic carbocycles. The molecule has 0 fully saturated rings. The summed E-state index contributed by atoms with van der Waals surface area (Å²) >= 11 is 0. The van der Waals surface area contributed by atoms with Crippen LogP contribution in [0.4, 0.5) is 4.39 Å². The summed E-state index contributed by atoms with van der Waals surface area (Å²) in [6, 6.07) is 6.20. The topological polar surface area (TPSA) is 9.23 Å². The van der Waals surface area contributed by atoms with Gasteiger partial charge in [-0.2, -0.15) is 0 Å². The zero-order valence-corrected chi connectivity index (χ0v) is 6.73. The molecular formula is C9H11FO. The molecule has 2 rings (SSSR count). The number of fused-ring (bicyclic) bond motifs is 1. The molecule has 2 aliphatic rings. The smallest absolute Gasteiger partial charge is 0.120 e. The number of alkyl halides is 1. The van der Waals surface area contributed by atoms with Crippen molar-refractivity contribution in [2.24, 2.45) is 0 Å². The second-order valence-corrected chi connectivity index (χ2v) is 2.22. The van der Waals surface area contributed by atoms with Gasteiger partial charge in [0.15, 0.2) is 0 Å². The van der Waals surface area contributed by atoms with E-state index in [9.17, 15) is 4.39 Å². The lowest BCUT2D eigenvalue weighted by molar-refractivity contribution is 0.416. The quantitative estimate of drug-likeness (QED) is 0.613. The normalized spacial score (nSPS) is 9.73. The number of hydrogen-bond acceptors (Lipinski definition) is 1. The van der Waals surface area contributed by atoms with E-state index in [1.807, 2.05) is 12.1 Å². The molecule has 0 heterocycles. The first kappa shape index (κ1) is 8.05. The van der Waals surface area contributed by atoms with Crippen LogP contribution in [0.3, 0.4) is 0 Å². The fourth-order valence-electron chi connectivity index (χ4n) is 0.847. The van der Waals surface area contributed by atoms with Gasteiger partial charge in [-0.05, 0) is 36.2 Å². The lowest BCUT2D eigenvalue weighted by Gasteiger charge is -1.88. The van der Waals surface area contributed by atoms with Gasteiger partial charge in [-0.3, -0.25) is 4.39 Å². The highest BCUT2D eigenvalue weighted by Gasteiger charge is 2.13. The van der Waals surface area contributed by atoms with Crippen molar-refractivity contribution in [3.8, 4) is 16.9 Å². The van der Waals surface area contributed by atoms with Crippen LogP contribution in [0.1, 0.15) is 6.92 Å². The van der Waals surface area contributed by atoms with Gasteiger partial charge in [0.2, 0.25) is 0 Å². The zero-order valence-electron chi connectivity index (χ0n) is 6.73. The first-order chi connectivity index (χ1) is 5.31. The molecule has 0 saturated heterocycles. The summed E-state index contributed by atoms with van der Waals surface area (Å²) in [5.41, 5.74) is 2.67.